The molecule has 1 aromatic carbocycles. The molecular weight excluding hydrogens is 391 g/mol. The van der Waals surface area contributed by atoms with Gasteiger partial charge in [0.05, 0.1) is 25.4 Å². The van der Waals surface area contributed by atoms with Crippen molar-refractivity contribution in [1.82, 2.24) is 14.6 Å². The molecule has 0 amide bonds. The molecule has 0 aliphatic carbocycles. The summed E-state index contributed by atoms with van der Waals surface area (Å²) in [6.07, 6.45) is -4.48. The molecule has 7 nitrogen and oxygen atoms in total. The summed E-state index contributed by atoms with van der Waals surface area (Å²) in [5.74, 6) is -4.25. The minimum atomic E-state index is -4.38. The van der Waals surface area contributed by atoms with E-state index in [1.165, 1.54) is 0 Å². The van der Waals surface area contributed by atoms with Crippen LogP contribution in [-0.2, 0) is 0 Å². The van der Waals surface area contributed by atoms with E-state index in [9.17, 15) is 27.1 Å². The maximum atomic E-state index is 14.1. The van der Waals surface area contributed by atoms with Gasteiger partial charge in [-0.05, 0) is 12.1 Å². The Hall–Kier alpha value is -3.31. The maximum Gasteiger partial charge on any atom is 0.390 e. The van der Waals surface area contributed by atoms with Crippen molar-refractivity contribution in [3.63, 3.8) is 0 Å². The molecule has 0 atom stereocenters. The van der Waals surface area contributed by atoms with E-state index in [4.69, 9.17) is 4.74 Å². The zero-order valence-corrected chi connectivity index (χ0v) is 14.2. The molecule has 0 saturated carbocycles. The fraction of sp³-hybridized carbons (Fsp3) is 0.250. The molecule has 2 N–H and O–H groups in total. The van der Waals surface area contributed by atoms with Crippen molar-refractivity contribution < 1.29 is 36.5 Å². The average molecular weight is 404 g/mol. The lowest BCUT2D eigenvalue weighted by Gasteiger charge is -2.12. The van der Waals surface area contributed by atoms with Gasteiger partial charge in [-0.15, -0.1) is 5.10 Å². The van der Waals surface area contributed by atoms with Crippen LogP contribution < -0.4 is 14.8 Å². The number of hydrogen-bond donors (Lipinski definition) is 2. The van der Waals surface area contributed by atoms with Gasteiger partial charge >= 0.3 is 6.18 Å². The summed E-state index contributed by atoms with van der Waals surface area (Å²) in [6, 6.07) is 3.37. The Morgan fingerprint density at radius 2 is 1.86 bits per heavy atom. The predicted octanol–water partition coefficient (Wildman–Crippen LogP) is 3.88. The van der Waals surface area contributed by atoms with Gasteiger partial charge in [-0.25, -0.2) is 4.98 Å². The molecule has 150 valence electrons. The summed E-state index contributed by atoms with van der Waals surface area (Å²) < 4.78 is 75.7. The van der Waals surface area contributed by atoms with Gasteiger partial charge in [0.15, 0.2) is 17.1 Å². The highest BCUT2D eigenvalue weighted by Gasteiger charge is 2.26. The van der Waals surface area contributed by atoms with Crippen molar-refractivity contribution in [3.8, 4) is 23.3 Å². The number of aromatic hydroxyl groups is 1. The monoisotopic (exact) mass is 404 g/mol. The van der Waals surface area contributed by atoms with Gasteiger partial charge in [-0.2, -0.15) is 26.5 Å². The number of alkyl halides is 3. The summed E-state index contributed by atoms with van der Waals surface area (Å²) in [6.45, 7) is -0.484. The number of fused-ring (bicyclic) bond motifs is 1. The van der Waals surface area contributed by atoms with Gasteiger partial charge in [0.1, 0.15) is 0 Å². The number of imidazole rings is 1. The van der Waals surface area contributed by atoms with Crippen LogP contribution in [0.25, 0.3) is 5.65 Å². The van der Waals surface area contributed by atoms with Crippen LogP contribution >= 0.6 is 0 Å². The third-order valence-electron chi connectivity index (χ3n) is 3.60. The van der Waals surface area contributed by atoms with Crippen molar-refractivity contribution in [2.45, 2.75) is 12.6 Å². The number of halogens is 5. The third kappa shape index (κ3) is 4.00. The summed E-state index contributed by atoms with van der Waals surface area (Å²) >= 11 is 0. The first kappa shape index (κ1) is 19.5. The topological polar surface area (TPSA) is 80.9 Å². The molecule has 2 heterocycles. The van der Waals surface area contributed by atoms with Crippen LogP contribution in [0.15, 0.2) is 24.4 Å². The minimum Gasteiger partial charge on any atom is -0.494 e. The van der Waals surface area contributed by atoms with E-state index in [-0.39, 0.29) is 23.0 Å². The lowest BCUT2D eigenvalue weighted by Crippen LogP contribution is -2.15. The number of ether oxygens (including phenoxy) is 2. The van der Waals surface area contributed by atoms with Gasteiger partial charge in [-0.3, -0.25) is 0 Å². The van der Waals surface area contributed by atoms with E-state index in [1.807, 2.05) is 0 Å². The quantitative estimate of drug-likeness (QED) is 0.607. The average Bonchev–Trinajstić information content (AvgIpc) is 2.99. The zero-order chi connectivity index (χ0) is 20.5. The normalized spacial score (nSPS) is 11.6. The van der Waals surface area contributed by atoms with Gasteiger partial charge < -0.3 is 19.9 Å². The summed E-state index contributed by atoms with van der Waals surface area (Å²) in [7, 11) is 1.16. The van der Waals surface area contributed by atoms with Crippen molar-refractivity contribution >= 4 is 11.3 Å². The Bertz CT molecular complexity index is 1010. The Morgan fingerprint density at radius 3 is 2.54 bits per heavy atom. The SMILES string of the molecule is COc1ccc(Oc2cc(NCCC(F)(F)F)c3ncc(O)n3n2)c(F)c1F. The van der Waals surface area contributed by atoms with E-state index >= 15 is 0 Å². The number of aromatic nitrogens is 3. The molecule has 0 unspecified atom stereocenters. The van der Waals surface area contributed by atoms with Gasteiger partial charge in [0.25, 0.3) is 0 Å². The molecule has 3 rings (SSSR count). The molecule has 12 heteroatoms. The molecule has 0 bridgehead atoms. The number of anilines is 1. The highest BCUT2D eigenvalue weighted by molar-refractivity contribution is 5.69. The Morgan fingerprint density at radius 1 is 1.18 bits per heavy atom. The molecule has 2 aromatic heterocycles. The van der Waals surface area contributed by atoms with Crippen molar-refractivity contribution in [2.24, 2.45) is 0 Å². The highest BCUT2D eigenvalue weighted by Crippen LogP contribution is 2.32. The highest BCUT2D eigenvalue weighted by atomic mass is 19.4. The lowest BCUT2D eigenvalue weighted by atomic mass is 10.3. The summed E-state index contributed by atoms with van der Waals surface area (Å²) in [5.41, 5.74) is 0.0670. The zero-order valence-electron chi connectivity index (χ0n) is 14.2. The van der Waals surface area contributed by atoms with E-state index in [1.54, 1.807) is 0 Å². The Labute approximate surface area is 154 Å². The Balaban J connectivity index is 1.93. The second kappa shape index (κ2) is 7.37. The standard InChI is InChI=1S/C16H13F5N4O3/c1-27-9-2-3-10(14(18)13(9)17)28-11-6-8(22-5-4-16(19,20)21)15-23-7-12(26)25(15)24-11/h2-3,6-7,22,26H,4-5H2,1H3. The molecule has 0 radical (unpaired) electrons. The number of rotatable bonds is 6. The largest absolute Gasteiger partial charge is 0.494 e. The second-order valence-corrected chi connectivity index (χ2v) is 5.54. The molecular formula is C16H13F5N4O3. The van der Waals surface area contributed by atoms with Gasteiger partial charge in [0.2, 0.25) is 23.4 Å². The molecule has 0 saturated heterocycles. The maximum absolute atomic E-state index is 14.1. The molecule has 0 aliphatic rings. The first-order valence-electron chi connectivity index (χ1n) is 7.78. The molecule has 0 spiro atoms. The fourth-order valence-corrected chi connectivity index (χ4v) is 2.32. The second-order valence-electron chi connectivity index (χ2n) is 5.54. The van der Waals surface area contributed by atoms with Crippen LogP contribution in [0.4, 0.5) is 27.6 Å². The predicted molar refractivity (Wildman–Crippen MR) is 86.8 cm³/mol. The molecule has 0 fully saturated rings. The van der Waals surface area contributed by atoms with Crippen molar-refractivity contribution in [2.75, 3.05) is 19.0 Å². The number of benzene rings is 1. The van der Waals surface area contributed by atoms with E-state index in [2.05, 4.69) is 20.1 Å². The van der Waals surface area contributed by atoms with Crippen LogP contribution in [0.1, 0.15) is 6.42 Å². The van der Waals surface area contributed by atoms with Crippen LogP contribution in [0.3, 0.4) is 0 Å². The lowest BCUT2D eigenvalue weighted by molar-refractivity contribution is -0.131. The first-order chi connectivity index (χ1) is 13.2. The molecule has 3 aromatic rings. The van der Waals surface area contributed by atoms with Gasteiger partial charge in [0, 0.05) is 12.6 Å². The van der Waals surface area contributed by atoms with Gasteiger partial charge in [-0.1, -0.05) is 0 Å². The molecule has 28 heavy (non-hydrogen) atoms. The van der Waals surface area contributed by atoms with E-state index in [0.29, 0.717) is 0 Å². The van der Waals surface area contributed by atoms with E-state index < -0.39 is 42.4 Å². The van der Waals surface area contributed by atoms with Crippen LogP contribution in [0.5, 0.6) is 23.3 Å². The number of nitrogens with one attached hydrogen (secondary N) is 1. The number of nitrogens with zero attached hydrogens (tertiary/aromatic N) is 3. The first-order valence-corrected chi connectivity index (χ1v) is 7.78. The smallest absolute Gasteiger partial charge is 0.390 e. The third-order valence-corrected chi connectivity index (χ3v) is 3.60. The number of hydrogen-bond acceptors (Lipinski definition) is 6. The minimum absolute atomic E-state index is 0.0217. The number of methoxy groups -OCH3 is 1. The molecule has 0 aliphatic heterocycles. The Kier molecular flexibility index (Phi) is 5.12. The van der Waals surface area contributed by atoms with E-state index in [0.717, 1.165) is 36.0 Å². The summed E-state index contributed by atoms with van der Waals surface area (Å²) in [5, 5.41) is 16.1. The van der Waals surface area contributed by atoms with Crippen LogP contribution in [0, 0.1) is 11.6 Å². The van der Waals surface area contributed by atoms with Crippen LogP contribution in [-0.4, -0.2) is 39.5 Å². The van der Waals surface area contributed by atoms with Crippen LogP contribution in [0.2, 0.25) is 0 Å². The van der Waals surface area contributed by atoms with Crippen molar-refractivity contribution in [1.29, 1.82) is 0 Å². The van der Waals surface area contributed by atoms with Crippen molar-refractivity contribution in [3.05, 3.63) is 36.0 Å². The summed E-state index contributed by atoms with van der Waals surface area (Å²) in [4.78, 5) is 3.84. The fourth-order valence-electron chi connectivity index (χ4n) is 2.32.